The lowest BCUT2D eigenvalue weighted by Crippen LogP contribution is -2.24. The van der Waals surface area contributed by atoms with E-state index in [4.69, 9.17) is 9.72 Å². The quantitative estimate of drug-likeness (QED) is 0.534. The molecule has 1 saturated heterocycles. The summed E-state index contributed by atoms with van der Waals surface area (Å²) >= 11 is 0. The molecular formula is C23H29F2N5O2. The van der Waals surface area contributed by atoms with Gasteiger partial charge in [0, 0.05) is 42.5 Å². The van der Waals surface area contributed by atoms with Crippen molar-refractivity contribution in [3.63, 3.8) is 0 Å². The normalized spacial score (nSPS) is 17.5. The first-order valence-electron chi connectivity index (χ1n) is 10.8. The summed E-state index contributed by atoms with van der Waals surface area (Å²) in [5.41, 5.74) is 4.20. The average Bonchev–Trinajstić information content (AvgIpc) is 3.40. The minimum atomic E-state index is -2.80. The number of alkyl halides is 2. The van der Waals surface area contributed by atoms with Gasteiger partial charge >= 0.3 is 6.61 Å². The Kier molecular flexibility index (Phi) is 6.98. The van der Waals surface area contributed by atoms with Crippen LogP contribution in [0, 0.1) is 0 Å². The van der Waals surface area contributed by atoms with Crippen molar-refractivity contribution in [2.75, 3.05) is 39.2 Å². The molecule has 1 aromatic carbocycles. The molecule has 0 amide bonds. The van der Waals surface area contributed by atoms with Crippen LogP contribution in [0.3, 0.4) is 0 Å². The summed E-state index contributed by atoms with van der Waals surface area (Å²) in [5.74, 6) is 0.383. The van der Waals surface area contributed by atoms with Gasteiger partial charge in [-0.2, -0.15) is 13.8 Å². The van der Waals surface area contributed by atoms with Gasteiger partial charge in [0.15, 0.2) is 0 Å². The highest BCUT2D eigenvalue weighted by atomic mass is 19.3. The van der Waals surface area contributed by atoms with Crippen LogP contribution in [0.4, 0.5) is 14.7 Å². The van der Waals surface area contributed by atoms with Crippen molar-refractivity contribution in [2.45, 2.75) is 38.6 Å². The Hall–Kier alpha value is -2.62. The predicted octanol–water partition coefficient (Wildman–Crippen LogP) is 4.16. The largest absolute Gasteiger partial charge is 0.379 e. The number of ether oxygens (including phenoxy) is 2. The SMILES string of the molecule is CC(COC(F)F)Nc1ncc2c(-c3ccc(CN(C)C)cc3)cn([C@@H]3CCOC3)c2n1. The number of anilines is 1. The second-order valence-corrected chi connectivity index (χ2v) is 8.47. The Morgan fingerprint density at radius 3 is 2.72 bits per heavy atom. The van der Waals surface area contributed by atoms with Crippen molar-refractivity contribution in [3.05, 3.63) is 42.2 Å². The molecule has 3 aromatic rings. The monoisotopic (exact) mass is 445 g/mol. The first-order chi connectivity index (χ1) is 15.4. The van der Waals surface area contributed by atoms with Crippen LogP contribution in [0.15, 0.2) is 36.7 Å². The van der Waals surface area contributed by atoms with Crippen molar-refractivity contribution >= 4 is 17.0 Å². The van der Waals surface area contributed by atoms with Crippen LogP contribution < -0.4 is 5.32 Å². The van der Waals surface area contributed by atoms with Gasteiger partial charge in [-0.15, -0.1) is 0 Å². The zero-order valence-electron chi connectivity index (χ0n) is 18.6. The van der Waals surface area contributed by atoms with E-state index >= 15 is 0 Å². The smallest absolute Gasteiger partial charge is 0.345 e. The molecule has 0 bridgehead atoms. The molecule has 32 heavy (non-hydrogen) atoms. The summed E-state index contributed by atoms with van der Waals surface area (Å²) in [7, 11) is 4.10. The number of hydrogen-bond donors (Lipinski definition) is 1. The van der Waals surface area contributed by atoms with Gasteiger partial charge in [0.2, 0.25) is 5.95 Å². The number of nitrogens with one attached hydrogen (secondary N) is 1. The Bertz CT molecular complexity index is 1030. The number of aromatic nitrogens is 3. The van der Waals surface area contributed by atoms with Gasteiger partial charge in [-0.1, -0.05) is 24.3 Å². The lowest BCUT2D eigenvalue weighted by Gasteiger charge is -2.15. The molecule has 2 atom stereocenters. The number of hydrogen-bond acceptors (Lipinski definition) is 6. The van der Waals surface area contributed by atoms with E-state index in [2.05, 4.69) is 69.1 Å². The van der Waals surface area contributed by atoms with Crippen LogP contribution >= 0.6 is 0 Å². The van der Waals surface area contributed by atoms with Crippen LogP contribution in [0.2, 0.25) is 0 Å². The molecule has 1 aliphatic rings. The lowest BCUT2D eigenvalue weighted by molar-refractivity contribution is -0.130. The highest BCUT2D eigenvalue weighted by molar-refractivity contribution is 5.94. The van der Waals surface area contributed by atoms with Gasteiger partial charge in [0.05, 0.1) is 19.3 Å². The molecule has 9 heteroatoms. The van der Waals surface area contributed by atoms with Gasteiger partial charge in [0.1, 0.15) is 5.65 Å². The standard InChI is InChI=1S/C23H29F2N5O2/c1-15(13-32-22(24)25)27-23-26-10-19-20(17-6-4-16(5-7-17)11-29(2)3)12-30(21(19)28-23)18-8-9-31-14-18/h4-7,10,12,15,18,22H,8-9,11,13-14H2,1-3H3,(H,26,27,28)/t15?,18-/m1/s1. The number of rotatable bonds is 9. The molecule has 0 radical (unpaired) electrons. The van der Waals surface area contributed by atoms with Crippen LogP contribution in [0.5, 0.6) is 0 Å². The summed E-state index contributed by atoms with van der Waals surface area (Å²) in [6, 6.07) is 8.36. The summed E-state index contributed by atoms with van der Waals surface area (Å²) in [5, 5.41) is 4.00. The fourth-order valence-electron chi connectivity index (χ4n) is 3.98. The maximum Gasteiger partial charge on any atom is 0.345 e. The highest BCUT2D eigenvalue weighted by Gasteiger charge is 2.23. The Morgan fingerprint density at radius 1 is 1.28 bits per heavy atom. The molecule has 172 valence electrons. The fraction of sp³-hybridized carbons (Fsp3) is 0.478. The van der Waals surface area contributed by atoms with Crippen molar-refractivity contribution in [1.29, 1.82) is 0 Å². The van der Waals surface area contributed by atoms with Crippen molar-refractivity contribution < 1.29 is 18.3 Å². The minimum absolute atomic E-state index is 0.138. The van der Waals surface area contributed by atoms with E-state index in [-0.39, 0.29) is 18.7 Å². The number of nitrogens with zero attached hydrogens (tertiary/aromatic N) is 4. The van der Waals surface area contributed by atoms with Crippen LogP contribution in [0.1, 0.15) is 24.9 Å². The van der Waals surface area contributed by atoms with Gasteiger partial charge in [-0.25, -0.2) is 4.98 Å². The maximum absolute atomic E-state index is 12.3. The first kappa shape index (κ1) is 22.6. The Morgan fingerprint density at radius 2 is 2.06 bits per heavy atom. The van der Waals surface area contributed by atoms with Crippen LogP contribution in [-0.4, -0.2) is 66.0 Å². The zero-order chi connectivity index (χ0) is 22.7. The Labute approximate surface area is 186 Å². The third-order valence-corrected chi connectivity index (χ3v) is 5.48. The molecular weight excluding hydrogens is 416 g/mol. The fourth-order valence-corrected chi connectivity index (χ4v) is 3.98. The van der Waals surface area contributed by atoms with Gasteiger partial charge in [-0.05, 0) is 38.6 Å². The molecule has 1 N–H and O–H groups in total. The summed E-state index contributed by atoms with van der Waals surface area (Å²) < 4.78 is 36.8. The van der Waals surface area contributed by atoms with E-state index in [0.717, 1.165) is 41.7 Å². The molecule has 1 unspecified atom stereocenters. The first-order valence-corrected chi connectivity index (χ1v) is 10.8. The number of benzene rings is 1. The third kappa shape index (κ3) is 5.23. The second kappa shape index (κ2) is 9.89. The predicted molar refractivity (Wildman–Crippen MR) is 120 cm³/mol. The van der Waals surface area contributed by atoms with E-state index in [1.165, 1.54) is 5.56 Å². The molecule has 3 heterocycles. The van der Waals surface area contributed by atoms with E-state index in [0.29, 0.717) is 12.6 Å². The topological polar surface area (TPSA) is 64.4 Å². The van der Waals surface area contributed by atoms with Crippen LogP contribution in [0.25, 0.3) is 22.2 Å². The number of fused-ring (bicyclic) bond motifs is 1. The van der Waals surface area contributed by atoms with Gasteiger partial charge in [0.25, 0.3) is 0 Å². The second-order valence-electron chi connectivity index (χ2n) is 8.47. The Balaban J connectivity index is 1.66. The minimum Gasteiger partial charge on any atom is -0.379 e. The van der Waals surface area contributed by atoms with Gasteiger partial charge in [-0.3, -0.25) is 0 Å². The maximum atomic E-state index is 12.3. The van der Waals surface area contributed by atoms with Crippen molar-refractivity contribution in [2.24, 2.45) is 0 Å². The van der Waals surface area contributed by atoms with E-state index in [1.54, 1.807) is 13.1 Å². The summed E-state index contributed by atoms with van der Waals surface area (Å²) in [6.45, 7) is 1.05. The molecule has 1 fully saturated rings. The number of halogens is 2. The third-order valence-electron chi connectivity index (χ3n) is 5.48. The summed E-state index contributed by atoms with van der Waals surface area (Å²) in [6.07, 6.45) is 4.82. The van der Waals surface area contributed by atoms with E-state index in [9.17, 15) is 8.78 Å². The van der Waals surface area contributed by atoms with Crippen molar-refractivity contribution in [3.8, 4) is 11.1 Å². The van der Waals surface area contributed by atoms with E-state index in [1.807, 2.05) is 0 Å². The van der Waals surface area contributed by atoms with Gasteiger partial charge < -0.3 is 24.3 Å². The molecule has 4 rings (SSSR count). The highest BCUT2D eigenvalue weighted by Crippen LogP contribution is 2.34. The average molecular weight is 446 g/mol. The molecule has 0 spiro atoms. The molecule has 0 saturated carbocycles. The molecule has 0 aliphatic carbocycles. The zero-order valence-corrected chi connectivity index (χ0v) is 18.6. The summed E-state index contributed by atoms with van der Waals surface area (Å²) in [4.78, 5) is 11.3. The lowest BCUT2D eigenvalue weighted by atomic mass is 10.0. The van der Waals surface area contributed by atoms with Crippen LogP contribution in [-0.2, 0) is 16.0 Å². The van der Waals surface area contributed by atoms with E-state index < -0.39 is 6.61 Å². The molecule has 7 nitrogen and oxygen atoms in total. The van der Waals surface area contributed by atoms with Crippen molar-refractivity contribution in [1.82, 2.24) is 19.4 Å². The molecule has 1 aliphatic heterocycles. The molecule has 2 aromatic heterocycles.